The summed E-state index contributed by atoms with van der Waals surface area (Å²) in [6, 6.07) is 3.00. The first kappa shape index (κ1) is 12.3. The van der Waals surface area contributed by atoms with Gasteiger partial charge in [0.2, 0.25) is 5.82 Å². The molecule has 0 aliphatic rings. The fourth-order valence-electron chi connectivity index (χ4n) is 1.59. The third kappa shape index (κ3) is 2.00. The molecule has 0 fully saturated rings. The fraction of sp³-hybridized carbons (Fsp3) is 0. The van der Waals surface area contributed by atoms with E-state index in [0.29, 0.717) is 11.6 Å². The molecule has 0 spiro atoms. The summed E-state index contributed by atoms with van der Waals surface area (Å²) < 4.78 is 45.1. The van der Waals surface area contributed by atoms with Gasteiger partial charge in [0, 0.05) is 5.56 Å². The molecule has 5 nitrogen and oxygen atoms in total. The number of hydrogen-bond acceptors (Lipinski definition) is 5. The number of nitrogens with zero attached hydrogens (tertiary/aromatic N) is 4. The van der Waals surface area contributed by atoms with Crippen molar-refractivity contribution in [2.75, 3.05) is 0 Å². The molecule has 0 N–H and O–H groups in total. The highest BCUT2D eigenvalue weighted by Crippen LogP contribution is 2.27. The summed E-state index contributed by atoms with van der Waals surface area (Å²) in [5.74, 6) is -3.96. The standard InChI is InChI=1S/C12H5F3N4O/c13-7-1-2-8(14)10(15)9(7)12-18-11(19-20-12)6-3-4-16-17-5-6/h1-5H. The second kappa shape index (κ2) is 4.72. The van der Waals surface area contributed by atoms with Gasteiger partial charge in [-0.3, -0.25) is 0 Å². The van der Waals surface area contributed by atoms with Crippen LogP contribution in [0.5, 0.6) is 0 Å². The van der Waals surface area contributed by atoms with E-state index in [0.717, 1.165) is 6.07 Å². The van der Waals surface area contributed by atoms with Gasteiger partial charge in [0.15, 0.2) is 11.6 Å². The molecule has 0 bridgehead atoms. The van der Waals surface area contributed by atoms with E-state index in [-0.39, 0.29) is 5.82 Å². The molecule has 20 heavy (non-hydrogen) atoms. The third-order valence-corrected chi connectivity index (χ3v) is 2.53. The van der Waals surface area contributed by atoms with E-state index < -0.39 is 28.9 Å². The molecule has 0 saturated heterocycles. The van der Waals surface area contributed by atoms with Crippen molar-refractivity contribution in [1.82, 2.24) is 20.3 Å². The van der Waals surface area contributed by atoms with Crippen LogP contribution >= 0.6 is 0 Å². The normalized spacial score (nSPS) is 10.8. The highest BCUT2D eigenvalue weighted by atomic mass is 19.2. The Labute approximate surface area is 110 Å². The van der Waals surface area contributed by atoms with Crippen LogP contribution in [0.25, 0.3) is 22.8 Å². The van der Waals surface area contributed by atoms with Crippen molar-refractivity contribution in [1.29, 1.82) is 0 Å². The van der Waals surface area contributed by atoms with Gasteiger partial charge in [-0.15, -0.1) is 0 Å². The van der Waals surface area contributed by atoms with Gasteiger partial charge in [0.1, 0.15) is 11.4 Å². The van der Waals surface area contributed by atoms with Crippen LogP contribution in [0.1, 0.15) is 0 Å². The van der Waals surface area contributed by atoms with E-state index in [1.54, 1.807) is 6.07 Å². The van der Waals surface area contributed by atoms with Gasteiger partial charge in [-0.1, -0.05) is 5.16 Å². The Morgan fingerprint density at radius 2 is 1.75 bits per heavy atom. The maximum Gasteiger partial charge on any atom is 0.264 e. The third-order valence-electron chi connectivity index (χ3n) is 2.53. The van der Waals surface area contributed by atoms with Gasteiger partial charge >= 0.3 is 0 Å². The Bertz CT molecular complexity index is 761. The maximum atomic E-state index is 13.6. The number of halogens is 3. The van der Waals surface area contributed by atoms with Crippen LogP contribution in [0, 0.1) is 17.5 Å². The lowest BCUT2D eigenvalue weighted by atomic mass is 10.2. The van der Waals surface area contributed by atoms with Crippen molar-refractivity contribution < 1.29 is 17.7 Å². The zero-order valence-electron chi connectivity index (χ0n) is 9.72. The molecule has 0 amide bonds. The second-order valence-corrected chi connectivity index (χ2v) is 3.77. The van der Waals surface area contributed by atoms with Crippen LogP contribution in [0.15, 0.2) is 35.1 Å². The first-order valence-corrected chi connectivity index (χ1v) is 5.41. The van der Waals surface area contributed by atoms with Crippen LogP contribution < -0.4 is 0 Å². The van der Waals surface area contributed by atoms with Gasteiger partial charge in [0.05, 0.1) is 12.4 Å². The van der Waals surface area contributed by atoms with Gasteiger partial charge in [-0.05, 0) is 18.2 Å². The van der Waals surface area contributed by atoms with E-state index in [2.05, 4.69) is 20.3 Å². The largest absolute Gasteiger partial charge is 0.333 e. The van der Waals surface area contributed by atoms with Crippen LogP contribution in [0.2, 0.25) is 0 Å². The highest BCUT2D eigenvalue weighted by Gasteiger charge is 2.21. The van der Waals surface area contributed by atoms with Crippen molar-refractivity contribution in [2.24, 2.45) is 0 Å². The van der Waals surface area contributed by atoms with Gasteiger partial charge < -0.3 is 4.52 Å². The quantitative estimate of drug-likeness (QED) is 0.674. The molecule has 0 aliphatic carbocycles. The molecule has 3 rings (SSSR count). The van der Waals surface area contributed by atoms with Crippen LogP contribution in [-0.4, -0.2) is 20.3 Å². The smallest absolute Gasteiger partial charge is 0.264 e. The van der Waals surface area contributed by atoms with Crippen molar-refractivity contribution in [3.05, 3.63) is 48.0 Å². The molecular formula is C12H5F3N4O. The molecule has 2 aromatic heterocycles. The lowest BCUT2D eigenvalue weighted by Gasteiger charge is -1.99. The molecule has 3 aromatic rings. The Hall–Kier alpha value is -2.77. The summed E-state index contributed by atoms with van der Waals surface area (Å²) in [5, 5.41) is 10.7. The van der Waals surface area contributed by atoms with Gasteiger partial charge in [-0.25, -0.2) is 13.2 Å². The molecule has 1 aromatic carbocycles. The number of benzene rings is 1. The molecule has 0 saturated carbocycles. The minimum Gasteiger partial charge on any atom is -0.333 e. The molecule has 0 aliphatic heterocycles. The summed E-state index contributed by atoms with van der Waals surface area (Å²) in [6.45, 7) is 0. The number of hydrogen-bond donors (Lipinski definition) is 0. The number of rotatable bonds is 2. The first-order valence-electron chi connectivity index (χ1n) is 5.41. The fourth-order valence-corrected chi connectivity index (χ4v) is 1.59. The molecular weight excluding hydrogens is 273 g/mol. The summed E-state index contributed by atoms with van der Waals surface area (Å²) >= 11 is 0. The average molecular weight is 278 g/mol. The first-order chi connectivity index (χ1) is 9.66. The monoisotopic (exact) mass is 278 g/mol. The molecule has 8 heteroatoms. The Morgan fingerprint density at radius 3 is 2.50 bits per heavy atom. The predicted octanol–water partition coefficient (Wildman–Crippen LogP) is 2.61. The second-order valence-electron chi connectivity index (χ2n) is 3.77. The SMILES string of the molecule is Fc1ccc(F)c(-c2nc(-c3ccnnc3)no2)c1F. The zero-order valence-corrected chi connectivity index (χ0v) is 9.72. The Balaban J connectivity index is 2.10. The summed E-state index contributed by atoms with van der Waals surface area (Å²) in [7, 11) is 0. The summed E-state index contributed by atoms with van der Waals surface area (Å²) in [4.78, 5) is 3.82. The zero-order chi connectivity index (χ0) is 14.1. The molecule has 0 unspecified atom stereocenters. The highest BCUT2D eigenvalue weighted by molar-refractivity contribution is 5.59. The van der Waals surface area contributed by atoms with Gasteiger partial charge in [0.25, 0.3) is 5.89 Å². The van der Waals surface area contributed by atoms with Crippen LogP contribution in [-0.2, 0) is 0 Å². The predicted molar refractivity (Wildman–Crippen MR) is 60.6 cm³/mol. The molecule has 0 radical (unpaired) electrons. The minimum absolute atomic E-state index is 0.0676. The van der Waals surface area contributed by atoms with E-state index in [9.17, 15) is 13.2 Å². The van der Waals surface area contributed by atoms with Crippen LogP contribution in [0.4, 0.5) is 13.2 Å². The van der Waals surface area contributed by atoms with E-state index in [4.69, 9.17) is 4.52 Å². The Kier molecular flexibility index (Phi) is 2.90. The molecule has 2 heterocycles. The van der Waals surface area contributed by atoms with Crippen molar-refractivity contribution in [3.63, 3.8) is 0 Å². The number of aromatic nitrogens is 4. The summed E-state index contributed by atoms with van der Waals surface area (Å²) in [6.07, 6.45) is 2.75. The van der Waals surface area contributed by atoms with Crippen molar-refractivity contribution in [3.8, 4) is 22.8 Å². The summed E-state index contributed by atoms with van der Waals surface area (Å²) in [5.41, 5.74) is -0.252. The lowest BCUT2D eigenvalue weighted by molar-refractivity contribution is 0.422. The topological polar surface area (TPSA) is 64.7 Å². The minimum atomic E-state index is -1.38. The van der Waals surface area contributed by atoms with E-state index >= 15 is 0 Å². The van der Waals surface area contributed by atoms with Crippen molar-refractivity contribution in [2.45, 2.75) is 0 Å². The molecule has 100 valence electrons. The van der Waals surface area contributed by atoms with E-state index in [1.807, 2.05) is 0 Å². The lowest BCUT2D eigenvalue weighted by Crippen LogP contribution is -1.94. The molecule has 0 atom stereocenters. The van der Waals surface area contributed by atoms with Crippen molar-refractivity contribution >= 4 is 0 Å². The van der Waals surface area contributed by atoms with Crippen LogP contribution in [0.3, 0.4) is 0 Å². The maximum absolute atomic E-state index is 13.6. The Morgan fingerprint density at radius 1 is 0.950 bits per heavy atom. The average Bonchev–Trinajstić information content (AvgIpc) is 2.94. The van der Waals surface area contributed by atoms with Gasteiger partial charge in [-0.2, -0.15) is 15.2 Å². The van der Waals surface area contributed by atoms with E-state index in [1.165, 1.54) is 12.4 Å².